The topological polar surface area (TPSA) is 66.4 Å². The van der Waals surface area contributed by atoms with Crippen molar-refractivity contribution in [3.05, 3.63) is 62.6 Å². The van der Waals surface area contributed by atoms with Gasteiger partial charge in [-0.2, -0.15) is 13.2 Å². The molecule has 0 saturated heterocycles. The van der Waals surface area contributed by atoms with Crippen molar-refractivity contribution in [1.82, 2.24) is 0 Å². The highest BCUT2D eigenvalue weighted by atomic mass is 35.5. The predicted octanol–water partition coefficient (Wildman–Crippen LogP) is 6.58. The highest BCUT2D eigenvalue weighted by molar-refractivity contribution is 6.42. The SMILES string of the molecule is CC(C(C(=O)Nc1cc(CCC(=O)O)ccc1Cl)c1ccc(Cl)c(Cl)c1)C(F)(F)F. The summed E-state index contributed by atoms with van der Waals surface area (Å²) < 4.78 is 40.4. The Hall–Kier alpha value is -1.96. The van der Waals surface area contributed by atoms with E-state index in [0.717, 1.165) is 6.92 Å². The molecule has 4 nitrogen and oxygen atoms in total. The summed E-state index contributed by atoms with van der Waals surface area (Å²) in [6.45, 7) is 0.900. The predicted molar refractivity (Wildman–Crippen MR) is 110 cm³/mol. The molecular weight excluding hydrogens is 466 g/mol. The van der Waals surface area contributed by atoms with E-state index in [2.05, 4.69) is 5.32 Å². The van der Waals surface area contributed by atoms with Gasteiger partial charge >= 0.3 is 12.1 Å². The summed E-state index contributed by atoms with van der Waals surface area (Å²) in [4.78, 5) is 23.6. The monoisotopic (exact) mass is 481 g/mol. The van der Waals surface area contributed by atoms with E-state index in [1.807, 2.05) is 0 Å². The minimum absolute atomic E-state index is 0.0232. The number of rotatable bonds is 7. The van der Waals surface area contributed by atoms with Gasteiger partial charge in [0.05, 0.1) is 32.6 Å². The smallest absolute Gasteiger partial charge is 0.392 e. The molecule has 162 valence electrons. The molecule has 0 aromatic heterocycles. The van der Waals surface area contributed by atoms with Crippen molar-refractivity contribution in [2.75, 3.05) is 5.32 Å². The van der Waals surface area contributed by atoms with E-state index in [0.29, 0.717) is 5.56 Å². The van der Waals surface area contributed by atoms with Gasteiger partial charge in [0.15, 0.2) is 0 Å². The molecule has 0 radical (unpaired) electrons. The maximum atomic E-state index is 13.5. The lowest BCUT2D eigenvalue weighted by Crippen LogP contribution is -2.34. The Balaban J connectivity index is 2.38. The number of aliphatic carboxylic acids is 1. The van der Waals surface area contributed by atoms with Crippen LogP contribution in [-0.4, -0.2) is 23.2 Å². The Kier molecular flexibility index (Phi) is 8.02. The van der Waals surface area contributed by atoms with Gasteiger partial charge in [-0.25, -0.2) is 0 Å². The van der Waals surface area contributed by atoms with E-state index in [1.165, 1.54) is 30.3 Å². The number of amides is 1. The molecule has 2 atom stereocenters. The Labute approximate surface area is 185 Å². The normalized spacial score (nSPS) is 13.6. The molecule has 2 aromatic rings. The second-order valence-electron chi connectivity index (χ2n) is 6.68. The lowest BCUT2D eigenvalue weighted by atomic mass is 9.85. The van der Waals surface area contributed by atoms with Crippen molar-refractivity contribution in [2.45, 2.75) is 31.9 Å². The van der Waals surface area contributed by atoms with Crippen LogP contribution in [0.25, 0.3) is 0 Å². The molecule has 2 unspecified atom stereocenters. The zero-order chi connectivity index (χ0) is 22.6. The molecule has 2 rings (SSSR count). The fourth-order valence-electron chi connectivity index (χ4n) is 2.85. The number of aryl methyl sites for hydroxylation is 1. The number of carboxylic acids is 1. The summed E-state index contributed by atoms with van der Waals surface area (Å²) in [5, 5.41) is 11.5. The molecule has 0 spiro atoms. The molecule has 10 heteroatoms. The van der Waals surface area contributed by atoms with Gasteiger partial charge in [0, 0.05) is 6.42 Å². The van der Waals surface area contributed by atoms with Crippen LogP contribution in [0.4, 0.5) is 18.9 Å². The maximum Gasteiger partial charge on any atom is 0.392 e. The number of alkyl halides is 3. The molecule has 0 aliphatic rings. The quantitative estimate of drug-likeness (QED) is 0.468. The Bertz CT molecular complexity index is 951. The fourth-order valence-corrected chi connectivity index (χ4v) is 3.32. The van der Waals surface area contributed by atoms with Gasteiger partial charge < -0.3 is 10.4 Å². The Morgan fingerprint density at radius 1 is 1.03 bits per heavy atom. The van der Waals surface area contributed by atoms with Crippen LogP contribution in [-0.2, 0) is 16.0 Å². The average Bonchev–Trinajstić information content (AvgIpc) is 2.64. The first kappa shape index (κ1) is 24.3. The second kappa shape index (κ2) is 9.90. The first-order valence-electron chi connectivity index (χ1n) is 8.73. The zero-order valence-electron chi connectivity index (χ0n) is 15.6. The van der Waals surface area contributed by atoms with E-state index in [-0.39, 0.29) is 39.2 Å². The number of nitrogens with one attached hydrogen (secondary N) is 1. The van der Waals surface area contributed by atoms with Crippen molar-refractivity contribution in [2.24, 2.45) is 5.92 Å². The minimum Gasteiger partial charge on any atom is -0.481 e. The van der Waals surface area contributed by atoms with Gasteiger partial charge in [-0.3, -0.25) is 9.59 Å². The maximum absolute atomic E-state index is 13.5. The molecule has 2 aromatic carbocycles. The van der Waals surface area contributed by atoms with Gasteiger partial charge in [-0.15, -0.1) is 0 Å². The van der Waals surface area contributed by atoms with E-state index in [9.17, 15) is 22.8 Å². The van der Waals surface area contributed by atoms with E-state index < -0.39 is 29.9 Å². The van der Waals surface area contributed by atoms with Crippen molar-refractivity contribution in [1.29, 1.82) is 0 Å². The molecule has 30 heavy (non-hydrogen) atoms. The van der Waals surface area contributed by atoms with Crippen molar-refractivity contribution in [3.63, 3.8) is 0 Å². The van der Waals surface area contributed by atoms with Crippen LogP contribution in [0, 0.1) is 5.92 Å². The number of hydrogen-bond acceptors (Lipinski definition) is 2. The molecule has 1 amide bonds. The summed E-state index contributed by atoms with van der Waals surface area (Å²) in [7, 11) is 0. The standard InChI is InChI=1S/C20H17Cl3F3NO3/c1-10(20(24,25)26)18(12-4-6-13(21)15(23)9-12)19(30)27-16-8-11(2-5-14(16)22)3-7-17(28)29/h2,4-6,8-10,18H,3,7H2,1H3,(H,27,30)(H,28,29). The number of hydrogen-bond donors (Lipinski definition) is 2. The van der Waals surface area contributed by atoms with Crippen molar-refractivity contribution in [3.8, 4) is 0 Å². The van der Waals surface area contributed by atoms with Gasteiger partial charge in [0.1, 0.15) is 0 Å². The molecule has 0 aliphatic heterocycles. The van der Waals surface area contributed by atoms with Crippen molar-refractivity contribution >= 4 is 52.4 Å². The van der Waals surface area contributed by atoms with E-state index in [4.69, 9.17) is 39.9 Å². The molecule has 0 saturated carbocycles. The third-order valence-electron chi connectivity index (χ3n) is 4.52. The lowest BCUT2D eigenvalue weighted by molar-refractivity contribution is -0.178. The first-order valence-corrected chi connectivity index (χ1v) is 9.86. The molecule has 0 heterocycles. The number of halogens is 6. The lowest BCUT2D eigenvalue weighted by Gasteiger charge is -2.26. The average molecular weight is 483 g/mol. The summed E-state index contributed by atoms with van der Waals surface area (Å²) in [6.07, 6.45) is -4.63. The van der Waals surface area contributed by atoms with Crippen LogP contribution in [0.1, 0.15) is 30.4 Å². The van der Waals surface area contributed by atoms with E-state index >= 15 is 0 Å². The highest BCUT2D eigenvalue weighted by Gasteiger charge is 2.45. The molecule has 0 fully saturated rings. The van der Waals surface area contributed by atoms with E-state index in [1.54, 1.807) is 6.07 Å². The largest absolute Gasteiger partial charge is 0.481 e. The molecule has 0 aliphatic carbocycles. The van der Waals surface area contributed by atoms with Gasteiger partial charge in [0.2, 0.25) is 5.91 Å². The van der Waals surface area contributed by atoms with Crippen LogP contribution < -0.4 is 5.32 Å². The number of anilines is 1. The minimum atomic E-state index is -4.65. The number of carboxylic acid groups (broad SMARTS) is 1. The summed E-state index contributed by atoms with van der Waals surface area (Å²) >= 11 is 17.9. The summed E-state index contributed by atoms with van der Waals surface area (Å²) in [5.41, 5.74) is 0.695. The second-order valence-corrected chi connectivity index (χ2v) is 7.90. The number of carbonyl (C=O) groups excluding carboxylic acids is 1. The van der Waals surface area contributed by atoms with Crippen LogP contribution in [0.2, 0.25) is 15.1 Å². The van der Waals surface area contributed by atoms with Crippen LogP contribution in [0.5, 0.6) is 0 Å². The van der Waals surface area contributed by atoms with Gasteiger partial charge in [-0.05, 0) is 41.8 Å². The van der Waals surface area contributed by atoms with Gasteiger partial charge in [0.25, 0.3) is 0 Å². The van der Waals surface area contributed by atoms with Crippen LogP contribution in [0.15, 0.2) is 36.4 Å². The molecule has 2 N–H and O–H groups in total. The number of benzene rings is 2. The molecule has 0 bridgehead atoms. The third-order valence-corrected chi connectivity index (χ3v) is 5.59. The third kappa shape index (κ3) is 6.27. The summed E-state index contributed by atoms with van der Waals surface area (Å²) in [6, 6.07) is 8.31. The molecular formula is C20H17Cl3F3NO3. The van der Waals surface area contributed by atoms with Gasteiger partial charge in [-0.1, -0.05) is 53.9 Å². The Morgan fingerprint density at radius 3 is 2.23 bits per heavy atom. The fraction of sp³-hybridized carbons (Fsp3) is 0.300. The summed E-state index contributed by atoms with van der Waals surface area (Å²) in [5.74, 6) is -5.58. The zero-order valence-corrected chi connectivity index (χ0v) is 17.8. The van der Waals surface area contributed by atoms with Crippen LogP contribution >= 0.6 is 34.8 Å². The number of carbonyl (C=O) groups is 2. The Morgan fingerprint density at radius 2 is 1.67 bits per heavy atom. The highest BCUT2D eigenvalue weighted by Crippen LogP contribution is 2.40. The van der Waals surface area contributed by atoms with Crippen LogP contribution in [0.3, 0.4) is 0 Å². The van der Waals surface area contributed by atoms with Crippen molar-refractivity contribution < 1.29 is 27.9 Å². The first-order chi connectivity index (χ1) is 13.9.